The van der Waals surface area contributed by atoms with Crippen molar-refractivity contribution in [1.29, 1.82) is 0 Å². The standard InChI is InChI=1S/C14H15NO2.ClH/c16-14-6-5-11(13-9-17-8-7-15-13)10-3-1-2-4-12(10)14;/h1-6,13,15-16H,7-9H2;1H/t13-;/m0./s1. The van der Waals surface area contributed by atoms with Crippen LogP contribution >= 0.6 is 12.4 Å². The summed E-state index contributed by atoms with van der Waals surface area (Å²) < 4.78 is 5.49. The number of rotatable bonds is 1. The molecular weight excluding hydrogens is 250 g/mol. The van der Waals surface area contributed by atoms with Crippen molar-refractivity contribution in [2.24, 2.45) is 0 Å². The Kier molecular flexibility index (Phi) is 4.07. The minimum atomic E-state index is 0. The predicted molar refractivity (Wildman–Crippen MR) is 74.4 cm³/mol. The highest BCUT2D eigenvalue weighted by Gasteiger charge is 2.18. The van der Waals surface area contributed by atoms with Crippen molar-refractivity contribution in [1.82, 2.24) is 5.32 Å². The molecule has 1 saturated heterocycles. The number of halogens is 1. The van der Waals surface area contributed by atoms with Crippen LogP contribution in [-0.4, -0.2) is 24.9 Å². The van der Waals surface area contributed by atoms with Crippen LogP contribution in [0.3, 0.4) is 0 Å². The second kappa shape index (κ2) is 5.57. The number of hydrogen-bond donors (Lipinski definition) is 2. The molecule has 0 radical (unpaired) electrons. The van der Waals surface area contributed by atoms with E-state index in [1.54, 1.807) is 6.07 Å². The molecule has 18 heavy (non-hydrogen) atoms. The summed E-state index contributed by atoms with van der Waals surface area (Å²) in [6, 6.07) is 11.9. The number of phenols is 1. The molecule has 1 heterocycles. The quantitative estimate of drug-likeness (QED) is 0.833. The third-order valence-electron chi connectivity index (χ3n) is 3.23. The van der Waals surface area contributed by atoms with Crippen LogP contribution < -0.4 is 5.32 Å². The molecule has 0 saturated carbocycles. The molecule has 1 aliphatic rings. The number of aromatic hydroxyl groups is 1. The molecular formula is C14H16ClNO2. The monoisotopic (exact) mass is 265 g/mol. The lowest BCUT2D eigenvalue weighted by Crippen LogP contribution is -2.34. The van der Waals surface area contributed by atoms with E-state index in [0.717, 1.165) is 23.9 Å². The zero-order valence-electron chi connectivity index (χ0n) is 9.93. The van der Waals surface area contributed by atoms with Crippen LogP contribution in [0.5, 0.6) is 5.75 Å². The van der Waals surface area contributed by atoms with Crippen LogP contribution in [0.1, 0.15) is 11.6 Å². The fourth-order valence-electron chi connectivity index (χ4n) is 2.38. The lowest BCUT2D eigenvalue weighted by Gasteiger charge is -2.25. The van der Waals surface area contributed by atoms with E-state index in [4.69, 9.17) is 4.74 Å². The molecule has 4 heteroatoms. The third-order valence-corrected chi connectivity index (χ3v) is 3.23. The summed E-state index contributed by atoms with van der Waals surface area (Å²) in [7, 11) is 0. The Balaban J connectivity index is 0.00000120. The van der Waals surface area contributed by atoms with Crippen molar-refractivity contribution in [3.8, 4) is 5.75 Å². The van der Waals surface area contributed by atoms with Crippen molar-refractivity contribution in [2.45, 2.75) is 6.04 Å². The number of benzene rings is 2. The average Bonchev–Trinajstić information content (AvgIpc) is 2.41. The van der Waals surface area contributed by atoms with Gasteiger partial charge in [-0.15, -0.1) is 12.4 Å². The fourth-order valence-corrected chi connectivity index (χ4v) is 2.38. The van der Waals surface area contributed by atoms with Gasteiger partial charge >= 0.3 is 0 Å². The van der Waals surface area contributed by atoms with Gasteiger partial charge in [0.1, 0.15) is 5.75 Å². The van der Waals surface area contributed by atoms with Gasteiger partial charge in [0.2, 0.25) is 0 Å². The number of phenolic OH excluding ortho intramolecular Hbond substituents is 1. The van der Waals surface area contributed by atoms with Crippen LogP contribution in [0.2, 0.25) is 0 Å². The molecule has 2 aromatic rings. The summed E-state index contributed by atoms with van der Waals surface area (Å²) in [5.74, 6) is 0.334. The third kappa shape index (κ3) is 2.29. The van der Waals surface area contributed by atoms with Crippen molar-refractivity contribution in [3.63, 3.8) is 0 Å². The first-order valence-electron chi connectivity index (χ1n) is 5.88. The van der Waals surface area contributed by atoms with Crippen molar-refractivity contribution in [2.75, 3.05) is 19.8 Å². The summed E-state index contributed by atoms with van der Waals surface area (Å²) in [6.07, 6.45) is 0. The van der Waals surface area contributed by atoms with Crippen molar-refractivity contribution < 1.29 is 9.84 Å². The van der Waals surface area contributed by atoms with Gasteiger partial charge in [0.15, 0.2) is 0 Å². The molecule has 0 spiro atoms. The molecule has 1 atom stereocenters. The van der Waals surface area contributed by atoms with E-state index in [-0.39, 0.29) is 18.4 Å². The Morgan fingerprint density at radius 1 is 1.11 bits per heavy atom. The molecule has 2 aromatic carbocycles. The van der Waals surface area contributed by atoms with Gasteiger partial charge in [-0.2, -0.15) is 0 Å². The molecule has 1 fully saturated rings. The average molecular weight is 266 g/mol. The Labute approximate surface area is 112 Å². The summed E-state index contributed by atoms with van der Waals surface area (Å²) in [4.78, 5) is 0. The van der Waals surface area contributed by atoms with E-state index >= 15 is 0 Å². The molecule has 1 aliphatic heterocycles. The van der Waals surface area contributed by atoms with Gasteiger partial charge in [0.25, 0.3) is 0 Å². The Morgan fingerprint density at radius 3 is 2.61 bits per heavy atom. The normalized spacial score (nSPS) is 19.4. The lowest BCUT2D eigenvalue weighted by molar-refractivity contribution is 0.0773. The van der Waals surface area contributed by atoms with Gasteiger partial charge in [-0.25, -0.2) is 0 Å². The number of morpholine rings is 1. The Bertz CT molecular complexity index is 538. The van der Waals surface area contributed by atoms with Gasteiger partial charge in [-0.1, -0.05) is 30.3 Å². The highest BCUT2D eigenvalue weighted by molar-refractivity contribution is 5.91. The maximum absolute atomic E-state index is 9.84. The maximum atomic E-state index is 9.84. The van der Waals surface area contributed by atoms with Crippen molar-refractivity contribution in [3.05, 3.63) is 42.0 Å². The van der Waals surface area contributed by atoms with Crippen LogP contribution in [-0.2, 0) is 4.74 Å². The van der Waals surface area contributed by atoms with E-state index in [9.17, 15) is 5.11 Å². The number of fused-ring (bicyclic) bond motifs is 1. The van der Waals surface area contributed by atoms with Crippen LogP contribution in [0, 0.1) is 0 Å². The van der Waals surface area contributed by atoms with E-state index in [0.29, 0.717) is 12.4 Å². The summed E-state index contributed by atoms with van der Waals surface area (Å²) >= 11 is 0. The topological polar surface area (TPSA) is 41.5 Å². The first-order valence-corrected chi connectivity index (χ1v) is 5.88. The number of ether oxygens (including phenoxy) is 1. The zero-order chi connectivity index (χ0) is 11.7. The zero-order valence-corrected chi connectivity index (χ0v) is 10.7. The number of nitrogens with one attached hydrogen (secondary N) is 1. The minimum absolute atomic E-state index is 0. The highest BCUT2D eigenvalue weighted by atomic mass is 35.5. The first kappa shape index (κ1) is 13.1. The Hall–Kier alpha value is -1.29. The van der Waals surface area contributed by atoms with Crippen LogP contribution in [0.4, 0.5) is 0 Å². The van der Waals surface area contributed by atoms with E-state index < -0.39 is 0 Å². The SMILES string of the molecule is Cl.Oc1ccc([C@@H]2COCCN2)c2ccccc12. The van der Waals surface area contributed by atoms with Gasteiger partial charge in [0.05, 0.1) is 19.3 Å². The molecule has 2 N–H and O–H groups in total. The molecule has 0 aliphatic carbocycles. The van der Waals surface area contributed by atoms with Crippen LogP contribution in [0.15, 0.2) is 36.4 Å². The lowest BCUT2D eigenvalue weighted by atomic mass is 9.98. The fraction of sp³-hybridized carbons (Fsp3) is 0.286. The minimum Gasteiger partial charge on any atom is -0.507 e. The molecule has 3 rings (SSSR count). The predicted octanol–water partition coefficient (Wildman–Crippen LogP) is 2.63. The van der Waals surface area contributed by atoms with Gasteiger partial charge < -0.3 is 15.2 Å². The number of hydrogen-bond acceptors (Lipinski definition) is 3. The van der Waals surface area contributed by atoms with E-state index in [2.05, 4.69) is 5.32 Å². The Morgan fingerprint density at radius 2 is 1.89 bits per heavy atom. The summed E-state index contributed by atoms with van der Waals surface area (Å²) in [5.41, 5.74) is 1.19. The molecule has 0 amide bonds. The molecule has 96 valence electrons. The van der Waals surface area contributed by atoms with E-state index in [1.165, 1.54) is 5.56 Å². The first-order chi connectivity index (χ1) is 8.36. The highest BCUT2D eigenvalue weighted by Crippen LogP contribution is 2.31. The van der Waals surface area contributed by atoms with Crippen molar-refractivity contribution >= 4 is 23.2 Å². The van der Waals surface area contributed by atoms with E-state index in [1.807, 2.05) is 30.3 Å². The second-order valence-corrected chi connectivity index (χ2v) is 4.30. The van der Waals surface area contributed by atoms with Gasteiger partial charge in [-0.3, -0.25) is 0 Å². The second-order valence-electron chi connectivity index (χ2n) is 4.30. The summed E-state index contributed by atoms with van der Waals surface area (Å²) in [5, 5.41) is 15.3. The van der Waals surface area contributed by atoms with Crippen LogP contribution in [0.25, 0.3) is 10.8 Å². The maximum Gasteiger partial charge on any atom is 0.123 e. The van der Waals surface area contributed by atoms with Gasteiger partial charge in [0, 0.05) is 11.9 Å². The molecule has 0 aromatic heterocycles. The largest absolute Gasteiger partial charge is 0.507 e. The molecule has 3 nitrogen and oxygen atoms in total. The van der Waals surface area contributed by atoms with Gasteiger partial charge in [-0.05, 0) is 17.0 Å². The summed E-state index contributed by atoms with van der Waals surface area (Å²) in [6.45, 7) is 2.33. The molecule has 0 unspecified atom stereocenters. The molecule has 0 bridgehead atoms. The smallest absolute Gasteiger partial charge is 0.123 e.